The van der Waals surface area contributed by atoms with Crippen LogP contribution in [0.2, 0.25) is 0 Å². The molecule has 0 bridgehead atoms. The van der Waals surface area contributed by atoms with Gasteiger partial charge in [0.2, 0.25) is 0 Å². The monoisotopic (exact) mass is 341 g/mol. The Bertz CT molecular complexity index is 787. The molecule has 3 rings (SSSR count). The van der Waals surface area contributed by atoms with E-state index in [1.807, 2.05) is 41.8 Å². The minimum Gasteiger partial charge on any atom is -0.488 e. The van der Waals surface area contributed by atoms with Gasteiger partial charge in [-0.2, -0.15) is 0 Å². The molecule has 2 heterocycles. The predicted octanol–water partition coefficient (Wildman–Crippen LogP) is 3.65. The van der Waals surface area contributed by atoms with Gasteiger partial charge < -0.3 is 14.8 Å². The lowest BCUT2D eigenvalue weighted by molar-refractivity contribution is 0.0593. The Kier molecular flexibility index (Phi) is 5.02. The summed E-state index contributed by atoms with van der Waals surface area (Å²) in [6, 6.07) is 14.8. The lowest BCUT2D eigenvalue weighted by Gasteiger charge is -2.08. The SMILES string of the molecule is COC(=O)c1ccc(Nc2ccc(OCc3cccs3)cc2)nn1. The lowest BCUT2D eigenvalue weighted by Crippen LogP contribution is -2.06. The molecule has 122 valence electrons. The van der Waals surface area contributed by atoms with Crippen LogP contribution < -0.4 is 10.1 Å². The zero-order chi connectivity index (χ0) is 16.8. The van der Waals surface area contributed by atoms with E-state index >= 15 is 0 Å². The van der Waals surface area contributed by atoms with Gasteiger partial charge >= 0.3 is 5.97 Å². The van der Waals surface area contributed by atoms with Crippen molar-refractivity contribution in [3.8, 4) is 5.75 Å². The van der Waals surface area contributed by atoms with Gasteiger partial charge in [0.1, 0.15) is 12.4 Å². The average molecular weight is 341 g/mol. The molecule has 6 nitrogen and oxygen atoms in total. The summed E-state index contributed by atoms with van der Waals surface area (Å²) in [5, 5.41) is 12.9. The second kappa shape index (κ2) is 7.56. The minimum atomic E-state index is -0.513. The molecule has 0 unspecified atom stereocenters. The fourth-order valence-corrected chi connectivity index (χ4v) is 2.56. The van der Waals surface area contributed by atoms with E-state index in [0.29, 0.717) is 12.4 Å². The van der Waals surface area contributed by atoms with Crippen molar-refractivity contribution in [1.82, 2.24) is 10.2 Å². The molecule has 24 heavy (non-hydrogen) atoms. The number of carbonyl (C=O) groups excluding carboxylic acids is 1. The van der Waals surface area contributed by atoms with Crippen LogP contribution in [-0.4, -0.2) is 23.3 Å². The fraction of sp³-hybridized carbons (Fsp3) is 0.118. The summed E-state index contributed by atoms with van der Waals surface area (Å²) < 4.78 is 10.3. The minimum absolute atomic E-state index is 0.167. The van der Waals surface area contributed by atoms with Crippen molar-refractivity contribution in [3.05, 3.63) is 64.5 Å². The van der Waals surface area contributed by atoms with Gasteiger partial charge in [-0.25, -0.2) is 4.79 Å². The third-order valence-electron chi connectivity index (χ3n) is 3.15. The first-order valence-electron chi connectivity index (χ1n) is 7.19. The number of carbonyl (C=O) groups is 1. The van der Waals surface area contributed by atoms with Crippen LogP contribution in [0.25, 0.3) is 0 Å². The maximum Gasteiger partial charge on any atom is 0.358 e. The highest BCUT2D eigenvalue weighted by Crippen LogP contribution is 2.20. The van der Waals surface area contributed by atoms with E-state index in [1.54, 1.807) is 23.5 Å². The van der Waals surface area contributed by atoms with Gasteiger partial charge in [0.05, 0.1) is 7.11 Å². The van der Waals surface area contributed by atoms with E-state index in [9.17, 15) is 4.79 Å². The highest BCUT2D eigenvalue weighted by Gasteiger charge is 2.07. The molecule has 0 aliphatic heterocycles. The third-order valence-corrected chi connectivity index (χ3v) is 4.00. The molecular weight excluding hydrogens is 326 g/mol. The van der Waals surface area contributed by atoms with E-state index in [2.05, 4.69) is 20.3 Å². The molecule has 0 saturated heterocycles. The molecule has 7 heteroatoms. The standard InChI is InChI=1S/C17H15N3O3S/c1-22-17(21)15-8-9-16(20-19-15)18-12-4-6-13(7-5-12)23-11-14-3-2-10-24-14/h2-10H,11H2,1H3,(H,18,20). The molecule has 0 aliphatic carbocycles. The van der Waals surface area contributed by atoms with E-state index < -0.39 is 5.97 Å². The van der Waals surface area contributed by atoms with Crippen LogP contribution in [0.1, 0.15) is 15.4 Å². The number of ether oxygens (including phenoxy) is 2. The van der Waals surface area contributed by atoms with Gasteiger partial charge in [-0.05, 0) is 47.8 Å². The molecule has 0 fully saturated rings. The first-order valence-corrected chi connectivity index (χ1v) is 8.07. The topological polar surface area (TPSA) is 73.3 Å². The van der Waals surface area contributed by atoms with Crippen molar-refractivity contribution in [2.24, 2.45) is 0 Å². The van der Waals surface area contributed by atoms with Crippen molar-refractivity contribution in [3.63, 3.8) is 0 Å². The number of thiophene rings is 1. The molecule has 0 radical (unpaired) electrons. The Balaban J connectivity index is 1.58. The normalized spacial score (nSPS) is 10.2. The van der Waals surface area contributed by atoms with Crippen molar-refractivity contribution >= 4 is 28.8 Å². The molecule has 2 aromatic heterocycles. The number of anilines is 2. The second-order valence-corrected chi connectivity index (χ2v) is 5.85. The van der Waals surface area contributed by atoms with Gasteiger partial charge in [0.25, 0.3) is 0 Å². The summed E-state index contributed by atoms with van der Waals surface area (Å²) in [7, 11) is 1.30. The van der Waals surface area contributed by atoms with Crippen molar-refractivity contribution in [2.75, 3.05) is 12.4 Å². The summed E-state index contributed by atoms with van der Waals surface area (Å²) in [6.07, 6.45) is 0. The predicted molar refractivity (Wildman–Crippen MR) is 91.7 cm³/mol. The molecule has 0 aliphatic rings. The first-order chi connectivity index (χ1) is 11.7. The van der Waals surface area contributed by atoms with Crippen LogP contribution in [0.5, 0.6) is 5.75 Å². The molecule has 3 aromatic rings. The molecule has 1 aromatic carbocycles. The Labute approximate surface area is 143 Å². The Morgan fingerprint density at radius 1 is 1.12 bits per heavy atom. The number of aromatic nitrogens is 2. The number of rotatable bonds is 6. The Hall–Kier alpha value is -2.93. The van der Waals surface area contributed by atoms with E-state index in [4.69, 9.17) is 4.74 Å². The molecule has 0 spiro atoms. The largest absolute Gasteiger partial charge is 0.488 e. The van der Waals surface area contributed by atoms with Gasteiger partial charge in [-0.3, -0.25) is 0 Å². The molecular formula is C17H15N3O3S. The zero-order valence-electron chi connectivity index (χ0n) is 12.9. The first kappa shape index (κ1) is 15.9. The van der Waals surface area contributed by atoms with Crippen LogP contribution >= 0.6 is 11.3 Å². The lowest BCUT2D eigenvalue weighted by atomic mass is 10.3. The number of benzene rings is 1. The zero-order valence-corrected chi connectivity index (χ0v) is 13.7. The fourth-order valence-electron chi connectivity index (χ4n) is 1.94. The number of hydrogen-bond acceptors (Lipinski definition) is 7. The van der Waals surface area contributed by atoms with Gasteiger partial charge in [-0.1, -0.05) is 6.07 Å². The maximum absolute atomic E-state index is 11.3. The van der Waals surface area contributed by atoms with Crippen molar-refractivity contribution in [2.45, 2.75) is 6.61 Å². The van der Waals surface area contributed by atoms with Gasteiger partial charge in [0.15, 0.2) is 11.5 Å². The summed E-state index contributed by atoms with van der Waals surface area (Å²) in [6.45, 7) is 0.560. The maximum atomic E-state index is 11.3. The smallest absolute Gasteiger partial charge is 0.358 e. The average Bonchev–Trinajstić information content (AvgIpc) is 3.15. The molecule has 0 saturated carbocycles. The van der Waals surface area contributed by atoms with Crippen LogP contribution in [0, 0.1) is 0 Å². The number of methoxy groups -OCH3 is 1. The van der Waals surface area contributed by atoms with Crippen LogP contribution in [0.15, 0.2) is 53.9 Å². The number of hydrogen-bond donors (Lipinski definition) is 1. The summed E-state index contributed by atoms with van der Waals surface area (Å²) in [4.78, 5) is 12.5. The quantitative estimate of drug-likeness (QED) is 0.690. The van der Waals surface area contributed by atoms with Crippen molar-refractivity contribution in [1.29, 1.82) is 0 Å². The molecule has 0 atom stereocenters. The van der Waals surface area contributed by atoms with Crippen LogP contribution in [-0.2, 0) is 11.3 Å². The van der Waals surface area contributed by atoms with Crippen molar-refractivity contribution < 1.29 is 14.3 Å². The van der Waals surface area contributed by atoms with Crippen LogP contribution in [0.4, 0.5) is 11.5 Å². The number of nitrogens with one attached hydrogen (secondary N) is 1. The molecule has 0 amide bonds. The second-order valence-electron chi connectivity index (χ2n) is 4.81. The number of esters is 1. The van der Waals surface area contributed by atoms with Gasteiger partial charge in [-0.15, -0.1) is 21.5 Å². The van der Waals surface area contributed by atoms with E-state index in [0.717, 1.165) is 11.4 Å². The van der Waals surface area contributed by atoms with E-state index in [1.165, 1.54) is 12.0 Å². The Morgan fingerprint density at radius 2 is 1.96 bits per heavy atom. The van der Waals surface area contributed by atoms with Gasteiger partial charge in [0, 0.05) is 10.6 Å². The van der Waals surface area contributed by atoms with E-state index in [-0.39, 0.29) is 5.69 Å². The molecule has 1 N–H and O–H groups in total. The highest BCUT2D eigenvalue weighted by atomic mass is 32.1. The number of nitrogens with zero attached hydrogens (tertiary/aromatic N) is 2. The Morgan fingerprint density at radius 3 is 2.58 bits per heavy atom. The summed E-state index contributed by atoms with van der Waals surface area (Å²) in [5.74, 6) is 0.817. The third kappa shape index (κ3) is 4.08. The summed E-state index contributed by atoms with van der Waals surface area (Å²) >= 11 is 1.67. The van der Waals surface area contributed by atoms with Crippen LogP contribution in [0.3, 0.4) is 0 Å². The highest BCUT2D eigenvalue weighted by molar-refractivity contribution is 7.09. The summed E-state index contributed by atoms with van der Waals surface area (Å²) in [5.41, 5.74) is 1.01.